The van der Waals surface area contributed by atoms with Crippen LogP contribution in [0.25, 0.3) is 16.5 Å². The van der Waals surface area contributed by atoms with Crippen molar-refractivity contribution in [2.24, 2.45) is 4.99 Å². The minimum atomic E-state index is 0.929. The van der Waals surface area contributed by atoms with E-state index in [0.717, 1.165) is 11.1 Å². The predicted octanol–water partition coefficient (Wildman–Crippen LogP) is 3.23. The summed E-state index contributed by atoms with van der Waals surface area (Å²) in [6.07, 6.45) is 5.48. The molecule has 3 rings (SSSR count). The largest absolute Gasteiger partial charge is 0.464 e. The van der Waals surface area contributed by atoms with Crippen molar-refractivity contribution in [3.8, 4) is 0 Å². The molecule has 1 aromatic heterocycles. The van der Waals surface area contributed by atoms with Gasteiger partial charge in [-0.3, -0.25) is 4.99 Å². The highest BCUT2D eigenvalue weighted by Gasteiger charge is 2.11. The van der Waals surface area contributed by atoms with Crippen LogP contribution in [0.15, 0.2) is 40.1 Å². The predicted molar refractivity (Wildman–Crippen MR) is 57.5 cm³/mol. The summed E-state index contributed by atoms with van der Waals surface area (Å²) in [6.45, 7) is 2.06. The molecule has 68 valence electrons. The first kappa shape index (κ1) is 7.56. The molecular weight excluding hydrogens is 174 g/mol. The molecule has 0 bridgehead atoms. The zero-order valence-electron chi connectivity index (χ0n) is 7.82. The van der Waals surface area contributed by atoms with Gasteiger partial charge < -0.3 is 4.42 Å². The van der Waals surface area contributed by atoms with Crippen molar-refractivity contribution in [1.29, 1.82) is 0 Å². The normalized spacial score (nSPS) is 14.2. The lowest BCUT2D eigenvalue weighted by Gasteiger charge is -2.00. The molecule has 2 heterocycles. The molecule has 0 amide bonds. The van der Waals surface area contributed by atoms with E-state index in [4.69, 9.17) is 4.42 Å². The van der Waals surface area contributed by atoms with Gasteiger partial charge in [0, 0.05) is 23.4 Å². The van der Waals surface area contributed by atoms with Crippen LogP contribution in [0.3, 0.4) is 0 Å². The van der Waals surface area contributed by atoms with Crippen molar-refractivity contribution in [3.63, 3.8) is 0 Å². The van der Waals surface area contributed by atoms with Crippen LogP contribution in [-0.4, -0.2) is 6.21 Å². The van der Waals surface area contributed by atoms with Crippen LogP contribution in [0.1, 0.15) is 18.1 Å². The van der Waals surface area contributed by atoms with Crippen molar-refractivity contribution in [1.82, 2.24) is 0 Å². The number of allylic oxidation sites excluding steroid dienone is 1. The third-order valence-electron chi connectivity index (χ3n) is 2.53. The molecular formula is C12H9NO. The van der Waals surface area contributed by atoms with Gasteiger partial charge in [0.1, 0.15) is 11.8 Å². The summed E-state index contributed by atoms with van der Waals surface area (Å²) < 4.78 is 5.45. The number of aliphatic imine (C=N–C) groups is 1. The maximum atomic E-state index is 5.45. The monoisotopic (exact) mass is 183 g/mol. The molecule has 2 nitrogen and oxygen atoms in total. The molecule has 0 saturated heterocycles. The fourth-order valence-electron chi connectivity index (χ4n) is 1.84. The van der Waals surface area contributed by atoms with Crippen molar-refractivity contribution in [2.75, 3.05) is 0 Å². The maximum absolute atomic E-state index is 5.45. The Balaban J connectivity index is 2.54. The van der Waals surface area contributed by atoms with Gasteiger partial charge in [0.2, 0.25) is 0 Å². The SMILES string of the molecule is CC1=CN=Cc2coc3cccc1c23. The van der Waals surface area contributed by atoms with Crippen molar-refractivity contribution in [2.45, 2.75) is 6.92 Å². The molecule has 0 N–H and O–H groups in total. The molecule has 2 heteroatoms. The van der Waals surface area contributed by atoms with E-state index in [-0.39, 0.29) is 0 Å². The van der Waals surface area contributed by atoms with E-state index in [0.29, 0.717) is 0 Å². The summed E-state index contributed by atoms with van der Waals surface area (Å²) >= 11 is 0. The van der Waals surface area contributed by atoms with Gasteiger partial charge in [0.05, 0.1) is 0 Å². The average molecular weight is 183 g/mol. The Kier molecular flexibility index (Phi) is 1.39. The maximum Gasteiger partial charge on any atom is 0.135 e. The molecule has 0 fully saturated rings. The Morgan fingerprint density at radius 2 is 2.21 bits per heavy atom. The summed E-state index contributed by atoms with van der Waals surface area (Å²) in [5.41, 5.74) is 4.37. The summed E-state index contributed by atoms with van der Waals surface area (Å²) in [5, 5.41) is 1.17. The van der Waals surface area contributed by atoms with Crippen LogP contribution in [-0.2, 0) is 0 Å². The van der Waals surface area contributed by atoms with Gasteiger partial charge in [-0.1, -0.05) is 12.1 Å². The lowest BCUT2D eigenvalue weighted by Crippen LogP contribution is -1.81. The molecule has 14 heavy (non-hydrogen) atoms. The van der Waals surface area contributed by atoms with E-state index in [1.807, 2.05) is 24.5 Å². The molecule has 0 radical (unpaired) electrons. The second-order valence-electron chi connectivity index (χ2n) is 3.46. The molecule has 1 aliphatic heterocycles. The topological polar surface area (TPSA) is 25.5 Å². The Morgan fingerprint density at radius 3 is 3.14 bits per heavy atom. The van der Waals surface area contributed by atoms with Gasteiger partial charge in [-0.15, -0.1) is 0 Å². The van der Waals surface area contributed by atoms with Gasteiger partial charge in [-0.25, -0.2) is 0 Å². The Morgan fingerprint density at radius 1 is 1.29 bits per heavy atom. The van der Waals surface area contributed by atoms with E-state index in [1.165, 1.54) is 16.5 Å². The number of benzene rings is 1. The molecule has 0 unspecified atom stereocenters. The summed E-state index contributed by atoms with van der Waals surface area (Å²) in [6, 6.07) is 6.09. The van der Waals surface area contributed by atoms with Crippen LogP contribution in [0.2, 0.25) is 0 Å². The fourth-order valence-corrected chi connectivity index (χ4v) is 1.84. The number of hydrogen-bond acceptors (Lipinski definition) is 2. The first-order valence-corrected chi connectivity index (χ1v) is 4.57. The Labute approximate surface area is 81.6 Å². The van der Waals surface area contributed by atoms with Crippen LogP contribution < -0.4 is 0 Å². The van der Waals surface area contributed by atoms with E-state index in [9.17, 15) is 0 Å². The molecule has 0 aliphatic carbocycles. The van der Waals surface area contributed by atoms with Crippen LogP contribution in [0.5, 0.6) is 0 Å². The minimum absolute atomic E-state index is 0.929. The number of furan rings is 1. The lowest BCUT2D eigenvalue weighted by molar-refractivity contribution is 0.615. The van der Waals surface area contributed by atoms with E-state index in [2.05, 4.69) is 18.0 Å². The highest BCUT2D eigenvalue weighted by atomic mass is 16.3. The van der Waals surface area contributed by atoms with Crippen LogP contribution in [0.4, 0.5) is 0 Å². The molecule has 2 aromatic rings. The number of nitrogens with zero attached hydrogens (tertiary/aromatic N) is 1. The molecule has 0 saturated carbocycles. The summed E-state index contributed by atoms with van der Waals surface area (Å²) in [5.74, 6) is 0. The quantitative estimate of drug-likeness (QED) is 0.615. The zero-order valence-corrected chi connectivity index (χ0v) is 7.82. The number of rotatable bonds is 0. The second-order valence-corrected chi connectivity index (χ2v) is 3.46. The molecule has 1 aromatic carbocycles. The third kappa shape index (κ3) is 0.880. The minimum Gasteiger partial charge on any atom is -0.464 e. The van der Waals surface area contributed by atoms with Crippen LogP contribution >= 0.6 is 0 Å². The lowest BCUT2D eigenvalue weighted by atomic mass is 10.0. The van der Waals surface area contributed by atoms with Crippen LogP contribution in [0, 0.1) is 0 Å². The summed E-state index contributed by atoms with van der Waals surface area (Å²) in [7, 11) is 0. The van der Waals surface area contributed by atoms with E-state index in [1.54, 1.807) is 6.26 Å². The van der Waals surface area contributed by atoms with Crippen molar-refractivity contribution >= 4 is 22.8 Å². The molecule has 0 spiro atoms. The fraction of sp³-hybridized carbons (Fsp3) is 0.0833. The summed E-state index contributed by atoms with van der Waals surface area (Å²) in [4.78, 5) is 4.22. The van der Waals surface area contributed by atoms with Gasteiger partial charge >= 0.3 is 0 Å². The van der Waals surface area contributed by atoms with Crippen molar-refractivity contribution in [3.05, 3.63) is 41.8 Å². The zero-order chi connectivity index (χ0) is 9.54. The number of hydrogen-bond donors (Lipinski definition) is 0. The Hall–Kier alpha value is -1.83. The Bertz CT molecular complexity index is 561. The standard InChI is InChI=1S/C12H9NO/c1-8-5-13-6-9-7-14-11-4-2-3-10(8)12(9)11/h2-7H,1H3. The van der Waals surface area contributed by atoms with Gasteiger partial charge in [0.15, 0.2) is 0 Å². The molecule has 1 aliphatic rings. The second kappa shape index (κ2) is 2.58. The van der Waals surface area contributed by atoms with Gasteiger partial charge in [-0.2, -0.15) is 0 Å². The average Bonchev–Trinajstić information content (AvgIpc) is 2.53. The molecule has 0 atom stereocenters. The smallest absolute Gasteiger partial charge is 0.135 e. The highest BCUT2D eigenvalue weighted by Crippen LogP contribution is 2.30. The highest BCUT2D eigenvalue weighted by molar-refractivity contribution is 6.05. The first-order valence-electron chi connectivity index (χ1n) is 4.57. The first-order chi connectivity index (χ1) is 6.86. The van der Waals surface area contributed by atoms with E-state index >= 15 is 0 Å². The van der Waals surface area contributed by atoms with Gasteiger partial charge in [-0.05, 0) is 24.1 Å². The van der Waals surface area contributed by atoms with E-state index < -0.39 is 0 Å². The van der Waals surface area contributed by atoms with Crippen molar-refractivity contribution < 1.29 is 4.42 Å². The third-order valence-corrected chi connectivity index (χ3v) is 2.53. The van der Waals surface area contributed by atoms with Gasteiger partial charge in [0.25, 0.3) is 0 Å².